The van der Waals surface area contributed by atoms with Crippen molar-refractivity contribution >= 4 is 17.7 Å². The van der Waals surface area contributed by atoms with Crippen molar-refractivity contribution in [2.45, 2.75) is 20.8 Å². The second kappa shape index (κ2) is 7.42. The summed E-state index contributed by atoms with van der Waals surface area (Å²) in [6, 6.07) is 3.89. The number of rotatable bonds is 5. The van der Waals surface area contributed by atoms with Crippen LogP contribution >= 0.6 is 0 Å². The molecule has 1 fully saturated rings. The number of aryl methyl sites for hydroxylation is 1. The van der Waals surface area contributed by atoms with Crippen molar-refractivity contribution in [3.05, 3.63) is 30.2 Å². The summed E-state index contributed by atoms with van der Waals surface area (Å²) in [5, 5.41) is 3.32. The Labute approximate surface area is 143 Å². The quantitative estimate of drug-likeness (QED) is 0.900. The van der Waals surface area contributed by atoms with Gasteiger partial charge in [-0.15, -0.1) is 0 Å². The van der Waals surface area contributed by atoms with E-state index in [0.717, 1.165) is 50.2 Å². The normalized spacial score (nSPS) is 15.0. The van der Waals surface area contributed by atoms with Gasteiger partial charge >= 0.3 is 0 Å². The number of nitrogens with zero attached hydrogens (tertiary/aromatic N) is 6. The van der Waals surface area contributed by atoms with Gasteiger partial charge in [0.05, 0.1) is 0 Å². The maximum atomic E-state index is 4.68. The summed E-state index contributed by atoms with van der Waals surface area (Å²) in [4.78, 5) is 22.3. The Hall–Kier alpha value is -2.44. The molecule has 7 nitrogen and oxygen atoms in total. The molecule has 1 saturated heterocycles. The zero-order valence-corrected chi connectivity index (χ0v) is 14.6. The summed E-state index contributed by atoms with van der Waals surface area (Å²) in [6.07, 6.45) is 3.57. The second-order valence-electron chi connectivity index (χ2n) is 6.49. The summed E-state index contributed by atoms with van der Waals surface area (Å²) >= 11 is 0. The summed E-state index contributed by atoms with van der Waals surface area (Å²) in [6.45, 7) is 10.8. The van der Waals surface area contributed by atoms with E-state index in [-0.39, 0.29) is 0 Å². The smallest absolute Gasteiger partial charge is 0.225 e. The van der Waals surface area contributed by atoms with Crippen molar-refractivity contribution in [2.75, 3.05) is 47.8 Å². The topological polar surface area (TPSA) is 70.1 Å². The number of nitrogens with one attached hydrogen (secondary N) is 1. The molecule has 0 saturated carbocycles. The third-order valence-electron chi connectivity index (χ3n) is 3.95. The first-order chi connectivity index (χ1) is 11.6. The lowest BCUT2D eigenvalue weighted by molar-refractivity contribution is 0.633. The van der Waals surface area contributed by atoms with Crippen molar-refractivity contribution in [1.82, 2.24) is 19.9 Å². The molecule has 0 unspecified atom stereocenters. The van der Waals surface area contributed by atoms with Crippen molar-refractivity contribution in [3.8, 4) is 0 Å². The molecule has 0 amide bonds. The largest absolute Gasteiger partial charge is 0.354 e. The first-order valence-corrected chi connectivity index (χ1v) is 8.48. The van der Waals surface area contributed by atoms with Gasteiger partial charge in [-0.3, -0.25) is 0 Å². The van der Waals surface area contributed by atoms with Gasteiger partial charge in [0.15, 0.2) is 0 Å². The average molecular weight is 327 g/mol. The van der Waals surface area contributed by atoms with E-state index in [1.54, 1.807) is 12.4 Å². The summed E-state index contributed by atoms with van der Waals surface area (Å²) in [5.41, 5.74) is 0.986. The van der Waals surface area contributed by atoms with E-state index < -0.39 is 0 Å². The zero-order chi connectivity index (χ0) is 16.9. The van der Waals surface area contributed by atoms with Crippen LogP contribution in [0.2, 0.25) is 0 Å². The number of piperazine rings is 1. The van der Waals surface area contributed by atoms with Crippen molar-refractivity contribution in [1.29, 1.82) is 0 Å². The molecule has 128 valence electrons. The second-order valence-corrected chi connectivity index (χ2v) is 6.49. The Morgan fingerprint density at radius 2 is 1.71 bits per heavy atom. The molecule has 0 bridgehead atoms. The molecule has 0 aromatic carbocycles. The first-order valence-electron chi connectivity index (χ1n) is 8.48. The molecule has 0 spiro atoms. The molecule has 7 heteroatoms. The molecular weight excluding hydrogens is 302 g/mol. The van der Waals surface area contributed by atoms with Crippen molar-refractivity contribution in [2.24, 2.45) is 5.92 Å². The minimum atomic E-state index is 0.562. The Kier molecular flexibility index (Phi) is 5.08. The van der Waals surface area contributed by atoms with Gasteiger partial charge in [-0.2, -0.15) is 4.98 Å². The van der Waals surface area contributed by atoms with Crippen LogP contribution in [0.4, 0.5) is 17.7 Å². The SMILES string of the molecule is Cc1cc(N2CCN(c3ncccn3)CC2)nc(NCC(C)C)n1. The minimum Gasteiger partial charge on any atom is -0.354 e. The van der Waals surface area contributed by atoms with Crippen LogP contribution in [-0.4, -0.2) is 52.7 Å². The van der Waals surface area contributed by atoms with E-state index >= 15 is 0 Å². The highest BCUT2D eigenvalue weighted by molar-refractivity contribution is 5.46. The fourth-order valence-electron chi connectivity index (χ4n) is 2.68. The van der Waals surface area contributed by atoms with Crippen LogP contribution < -0.4 is 15.1 Å². The standard InChI is InChI=1S/C17H25N7/c1-13(2)12-20-16-21-14(3)11-15(22-16)23-7-9-24(10-8-23)17-18-5-4-6-19-17/h4-6,11,13H,7-10,12H2,1-3H3,(H,20,21,22). The average Bonchev–Trinajstić information content (AvgIpc) is 2.60. The summed E-state index contributed by atoms with van der Waals surface area (Å²) in [7, 11) is 0. The van der Waals surface area contributed by atoms with Gasteiger partial charge in [-0.05, 0) is 18.9 Å². The van der Waals surface area contributed by atoms with Gasteiger partial charge in [0.25, 0.3) is 0 Å². The Morgan fingerprint density at radius 1 is 1.04 bits per heavy atom. The molecule has 0 aliphatic carbocycles. The van der Waals surface area contributed by atoms with Crippen LogP contribution in [0.15, 0.2) is 24.5 Å². The highest BCUT2D eigenvalue weighted by atomic mass is 15.3. The van der Waals surface area contributed by atoms with Gasteiger partial charge < -0.3 is 15.1 Å². The first kappa shape index (κ1) is 16.4. The van der Waals surface area contributed by atoms with Gasteiger partial charge in [-0.1, -0.05) is 13.8 Å². The fourth-order valence-corrected chi connectivity index (χ4v) is 2.68. The Balaban J connectivity index is 1.65. The molecular formula is C17H25N7. The molecule has 1 aliphatic rings. The fraction of sp³-hybridized carbons (Fsp3) is 0.529. The number of hydrogen-bond donors (Lipinski definition) is 1. The molecule has 2 aromatic rings. The minimum absolute atomic E-state index is 0.562. The van der Waals surface area contributed by atoms with Gasteiger partial charge in [0, 0.05) is 56.9 Å². The lowest BCUT2D eigenvalue weighted by atomic mass is 10.2. The van der Waals surface area contributed by atoms with E-state index in [2.05, 4.69) is 55.0 Å². The number of aromatic nitrogens is 4. The van der Waals surface area contributed by atoms with Crippen LogP contribution in [-0.2, 0) is 0 Å². The van der Waals surface area contributed by atoms with Gasteiger partial charge in [0.2, 0.25) is 11.9 Å². The van der Waals surface area contributed by atoms with Crippen LogP contribution in [0, 0.1) is 12.8 Å². The van der Waals surface area contributed by atoms with Gasteiger partial charge in [0.1, 0.15) is 5.82 Å². The molecule has 24 heavy (non-hydrogen) atoms. The summed E-state index contributed by atoms with van der Waals surface area (Å²) < 4.78 is 0. The summed E-state index contributed by atoms with van der Waals surface area (Å²) in [5.74, 6) is 3.07. The third kappa shape index (κ3) is 4.10. The Bertz CT molecular complexity index is 651. The zero-order valence-electron chi connectivity index (χ0n) is 14.6. The van der Waals surface area contributed by atoms with Crippen molar-refractivity contribution < 1.29 is 0 Å². The molecule has 1 aliphatic heterocycles. The predicted molar refractivity (Wildman–Crippen MR) is 96.6 cm³/mol. The van der Waals surface area contributed by atoms with E-state index in [4.69, 9.17) is 0 Å². The van der Waals surface area contributed by atoms with Crippen LogP contribution in [0.1, 0.15) is 19.5 Å². The lowest BCUT2D eigenvalue weighted by Gasteiger charge is -2.35. The predicted octanol–water partition coefficient (Wildman–Crippen LogP) is 1.97. The number of hydrogen-bond acceptors (Lipinski definition) is 7. The lowest BCUT2D eigenvalue weighted by Crippen LogP contribution is -2.47. The van der Waals surface area contributed by atoms with E-state index in [1.165, 1.54) is 0 Å². The molecule has 0 atom stereocenters. The molecule has 3 rings (SSSR count). The highest BCUT2D eigenvalue weighted by Crippen LogP contribution is 2.18. The van der Waals surface area contributed by atoms with Gasteiger partial charge in [-0.25, -0.2) is 15.0 Å². The van der Waals surface area contributed by atoms with E-state index in [9.17, 15) is 0 Å². The van der Waals surface area contributed by atoms with Crippen molar-refractivity contribution in [3.63, 3.8) is 0 Å². The highest BCUT2D eigenvalue weighted by Gasteiger charge is 2.20. The maximum absolute atomic E-state index is 4.68. The molecule has 1 N–H and O–H groups in total. The third-order valence-corrected chi connectivity index (χ3v) is 3.95. The van der Waals surface area contributed by atoms with Crippen LogP contribution in [0.25, 0.3) is 0 Å². The maximum Gasteiger partial charge on any atom is 0.225 e. The van der Waals surface area contributed by atoms with E-state index in [1.807, 2.05) is 13.0 Å². The van der Waals surface area contributed by atoms with E-state index in [0.29, 0.717) is 11.9 Å². The molecule has 2 aromatic heterocycles. The van der Waals surface area contributed by atoms with Crippen LogP contribution in [0.3, 0.4) is 0 Å². The monoisotopic (exact) mass is 327 g/mol. The molecule has 3 heterocycles. The Morgan fingerprint density at radius 3 is 2.38 bits per heavy atom. The molecule has 0 radical (unpaired) electrons. The van der Waals surface area contributed by atoms with Crippen LogP contribution in [0.5, 0.6) is 0 Å². The number of anilines is 3.